The van der Waals surface area contributed by atoms with Crippen molar-refractivity contribution in [3.8, 4) is 0 Å². The van der Waals surface area contributed by atoms with Crippen molar-refractivity contribution >= 4 is 27.8 Å². The second kappa shape index (κ2) is 6.10. The van der Waals surface area contributed by atoms with Crippen LogP contribution >= 0.6 is 15.9 Å². The molecular formula is C10H16BrNO3. The Balaban J connectivity index is 2.43. The SMILES string of the molecule is CCOC(=O)CN(C(=O)CCBr)C1CC1. The van der Waals surface area contributed by atoms with Crippen LogP contribution in [-0.4, -0.2) is 41.3 Å². The van der Waals surface area contributed by atoms with Gasteiger partial charge in [-0.05, 0) is 19.8 Å². The summed E-state index contributed by atoms with van der Waals surface area (Å²) >= 11 is 3.22. The molecule has 1 amide bonds. The van der Waals surface area contributed by atoms with Gasteiger partial charge in [0.1, 0.15) is 6.54 Å². The van der Waals surface area contributed by atoms with Crippen LogP contribution in [0.5, 0.6) is 0 Å². The number of ether oxygens (including phenoxy) is 1. The van der Waals surface area contributed by atoms with E-state index < -0.39 is 0 Å². The third-order valence-corrected chi connectivity index (χ3v) is 2.62. The summed E-state index contributed by atoms with van der Waals surface area (Å²) in [4.78, 5) is 24.6. The lowest BCUT2D eigenvalue weighted by Crippen LogP contribution is -2.38. The lowest BCUT2D eigenvalue weighted by atomic mass is 10.3. The predicted octanol–water partition coefficient (Wildman–Crippen LogP) is 1.33. The Morgan fingerprint density at radius 1 is 1.47 bits per heavy atom. The number of hydrogen-bond donors (Lipinski definition) is 0. The normalized spacial score (nSPS) is 14.8. The molecule has 0 heterocycles. The number of nitrogens with zero attached hydrogens (tertiary/aromatic N) is 1. The number of halogens is 1. The van der Waals surface area contributed by atoms with Gasteiger partial charge in [0.25, 0.3) is 0 Å². The maximum atomic E-state index is 11.7. The molecular weight excluding hydrogens is 262 g/mol. The van der Waals surface area contributed by atoms with Crippen LogP contribution in [0.25, 0.3) is 0 Å². The Morgan fingerprint density at radius 2 is 2.13 bits per heavy atom. The molecule has 1 aliphatic rings. The topological polar surface area (TPSA) is 46.6 Å². The largest absolute Gasteiger partial charge is 0.465 e. The van der Waals surface area contributed by atoms with E-state index in [1.165, 1.54) is 0 Å². The fraction of sp³-hybridized carbons (Fsp3) is 0.800. The maximum absolute atomic E-state index is 11.7. The van der Waals surface area contributed by atoms with E-state index in [0.717, 1.165) is 12.8 Å². The Morgan fingerprint density at radius 3 is 2.60 bits per heavy atom. The zero-order valence-corrected chi connectivity index (χ0v) is 10.5. The molecule has 0 aromatic carbocycles. The highest BCUT2D eigenvalue weighted by Gasteiger charge is 2.33. The highest BCUT2D eigenvalue weighted by atomic mass is 79.9. The Bertz CT molecular complexity index is 241. The van der Waals surface area contributed by atoms with Crippen LogP contribution in [0.4, 0.5) is 0 Å². The molecule has 0 atom stereocenters. The van der Waals surface area contributed by atoms with E-state index in [1.54, 1.807) is 11.8 Å². The second-order valence-corrected chi connectivity index (χ2v) is 4.29. The van der Waals surface area contributed by atoms with Crippen molar-refractivity contribution in [3.05, 3.63) is 0 Å². The molecule has 0 bridgehead atoms. The molecule has 0 N–H and O–H groups in total. The first-order valence-corrected chi connectivity index (χ1v) is 6.32. The molecule has 0 spiro atoms. The van der Waals surface area contributed by atoms with Crippen molar-refractivity contribution in [3.63, 3.8) is 0 Å². The smallest absolute Gasteiger partial charge is 0.325 e. The van der Waals surface area contributed by atoms with Crippen molar-refractivity contribution in [2.45, 2.75) is 32.2 Å². The van der Waals surface area contributed by atoms with Gasteiger partial charge < -0.3 is 9.64 Å². The van der Waals surface area contributed by atoms with Gasteiger partial charge in [0.2, 0.25) is 5.91 Å². The van der Waals surface area contributed by atoms with Crippen LogP contribution in [-0.2, 0) is 14.3 Å². The summed E-state index contributed by atoms with van der Waals surface area (Å²) in [6.07, 6.45) is 2.46. The van der Waals surface area contributed by atoms with Gasteiger partial charge in [0.15, 0.2) is 0 Å². The van der Waals surface area contributed by atoms with Crippen molar-refractivity contribution < 1.29 is 14.3 Å². The molecule has 0 unspecified atom stereocenters. The quantitative estimate of drug-likeness (QED) is 0.544. The van der Waals surface area contributed by atoms with Crippen LogP contribution in [0.2, 0.25) is 0 Å². The van der Waals surface area contributed by atoms with Gasteiger partial charge in [0, 0.05) is 17.8 Å². The van der Waals surface area contributed by atoms with Crippen LogP contribution in [0, 0.1) is 0 Å². The molecule has 1 saturated carbocycles. The maximum Gasteiger partial charge on any atom is 0.325 e. The van der Waals surface area contributed by atoms with E-state index in [4.69, 9.17) is 4.74 Å². The summed E-state index contributed by atoms with van der Waals surface area (Å²) in [5.41, 5.74) is 0. The fourth-order valence-electron chi connectivity index (χ4n) is 1.38. The number of alkyl halides is 1. The molecule has 0 saturated heterocycles. The summed E-state index contributed by atoms with van der Waals surface area (Å²) in [6, 6.07) is 0.265. The summed E-state index contributed by atoms with van der Waals surface area (Å²) in [5, 5.41) is 0.637. The second-order valence-electron chi connectivity index (χ2n) is 3.50. The summed E-state index contributed by atoms with van der Waals surface area (Å²) in [7, 11) is 0. The molecule has 0 aromatic heterocycles. The zero-order chi connectivity index (χ0) is 11.3. The van der Waals surface area contributed by atoms with Crippen molar-refractivity contribution in [2.75, 3.05) is 18.5 Å². The lowest BCUT2D eigenvalue weighted by Gasteiger charge is -2.20. The van der Waals surface area contributed by atoms with Gasteiger partial charge in [-0.25, -0.2) is 0 Å². The number of hydrogen-bond acceptors (Lipinski definition) is 3. The monoisotopic (exact) mass is 277 g/mol. The van der Waals surface area contributed by atoms with Gasteiger partial charge in [-0.15, -0.1) is 0 Å². The first-order valence-electron chi connectivity index (χ1n) is 5.20. The molecule has 4 nitrogen and oxygen atoms in total. The minimum Gasteiger partial charge on any atom is -0.465 e. The van der Waals surface area contributed by atoms with Gasteiger partial charge in [0.05, 0.1) is 6.61 Å². The van der Waals surface area contributed by atoms with Gasteiger partial charge in [-0.2, -0.15) is 0 Å². The molecule has 15 heavy (non-hydrogen) atoms. The zero-order valence-electron chi connectivity index (χ0n) is 8.87. The van der Waals surface area contributed by atoms with Gasteiger partial charge >= 0.3 is 5.97 Å². The average molecular weight is 278 g/mol. The average Bonchev–Trinajstić information content (AvgIpc) is 2.98. The van der Waals surface area contributed by atoms with Crippen molar-refractivity contribution in [1.29, 1.82) is 0 Å². The Hall–Kier alpha value is -0.580. The molecule has 0 aromatic rings. The van der Waals surface area contributed by atoms with Gasteiger partial charge in [-0.1, -0.05) is 15.9 Å². The molecule has 5 heteroatoms. The van der Waals surface area contributed by atoms with Gasteiger partial charge in [-0.3, -0.25) is 9.59 Å². The summed E-state index contributed by atoms with van der Waals surface area (Å²) in [6.45, 7) is 2.23. The van der Waals surface area contributed by atoms with E-state index in [-0.39, 0.29) is 24.5 Å². The van der Waals surface area contributed by atoms with E-state index >= 15 is 0 Å². The number of amides is 1. The molecule has 1 fully saturated rings. The first kappa shape index (κ1) is 12.5. The first-order chi connectivity index (χ1) is 7.19. The molecule has 0 aliphatic heterocycles. The van der Waals surface area contributed by atoms with Crippen molar-refractivity contribution in [1.82, 2.24) is 4.90 Å². The minimum atomic E-state index is -0.313. The number of esters is 1. The van der Waals surface area contributed by atoms with Crippen LogP contribution in [0.1, 0.15) is 26.2 Å². The summed E-state index contributed by atoms with van der Waals surface area (Å²) in [5.74, 6) is -0.283. The molecule has 1 aliphatic carbocycles. The highest BCUT2D eigenvalue weighted by Crippen LogP contribution is 2.27. The number of rotatable bonds is 6. The van der Waals surface area contributed by atoms with E-state index in [2.05, 4.69) is 15.9 Å². The third kappa shape index (κ3) is 4.20. The van der Waals surface area contributed by atoms with Crippen LogP contribution in [0.15, 0.2) is 0 Å². The summed E-state index contributed by atoms with van der Waals surface area (Å²) < 4.78 is 4.83. The molecule has 0 radical (unpaired) electrons. The fourth-order valence-corrected chi connectivity index (χ4v) is 1.72. The Labute approximate surface area is 98.1 Å². The van der Waals surface area contributed by atoms with E-state index in [9.17, 15) is 9.59 Å². The minimum absolute atomic E-state index is 0.0300. The molecule has 86 valence electrons. The third-order valence-electron chi connectivity index (χ3n) is 2.22. The lowest BCUT2D eigenvalue weighted by molar-refractivity contribution is -0.149. The van der Waals surface area contributed by atoms with E-state index in [1.807, 2.05) is 0 Å². The Kier molecular flexibility index (Phi) is 5.08. The van der Waals surface area contributed by atoms with Crippen molar-refractivity contribution in [2.24, 2.45) is 0 Å². The number of carbonyl (C=O) groups is 2. The van der Waals surface area contributed by atoms with E-state index in [0.29, 0.717) is 18.4 Å². The standard InChI is InChI=1S/C10H16BrNO3/c1-2-15-10(14)7-12(8-3-4-8)9(13)5-6-11/h8H,2-7H2,1H3. The van der Waals surface area contributed by atoms with Crippen LogP contribution in [0.3, 0.4) is 0 Å². The molecule has 1 rings (SSSR count). The number of carbonyl (C=O) groups excluding carboxylic acids is 2. The van der Waals surface area contributed by atoms with Crippen LogP contribution < -0.4 is 0 Å². The highest BCUT2D eigenvalue weighted by molar-refractivity contribution is 9.09. The predicted molar refractivity (Wildman–Crippen MR) is 59.8 cm³/mol.